The summed E-state index contributed by atoms with van der Waals surface area (Å²) in [4.78, 5) is 10.4. The fourth-order valence-corrected chi connectivity index (χ4v) is 2.22. The molecule has 0 amide bonds. The Labute approximate surface area is 130 Å². The van der Waals surface area contributed by atoms with Crippen LogP contribution in [0.2, 0.25) is 10.0 Å². The van der Waals surface area contributed by atoms with E-state index in [1.807, 2.05) is 0 Å². The topological polar surface area (TPSA) is 90.4 Å². The van der Waals surface area contributed by atoms with Gasteiger partial charge in [-0.3, -0.25) is 16.0 Å². The molecule has 2 rings (SSSR count). The van der Waals surface area contributed by atoms with Crippen molar-refractivity contribution in [2.75, 3.05) is 5.43 Å². The molecule has 0 saturated heterocycles. The zero-order valence-corrected chi connectivity index (χ0v) is 12.2. The molecule has 0 saturated carbocycles. The van der Waals surface area contributed by atoms with Crippen LogP contribution in [0.15, 0.2) is 36.4 Å². The summed E-state index contributed by atoms with van der Waals surface area (Å²) in [6, 6.07) is 9.53. The summed E-state index contributed by atoms with van der Waals surface area (Å²) >= 11 is 12.0. The number of halogens is 2. The lowest BCUT2D eigenvalue weighted by Gasteiger charge is -2.10. The van der Waals surface area contributed by atoms with Crippen molar-refractivity contribution >= 4 is 34.6 Å². The predicted octanol–water partition coefficient (Wildman–Crippen LogP) is 3.77. The van der Waals surface area contributed by atoms with Crippen molar-refractivity contribution in [1.82, 2.24) is 0 Å². The molecule has 0 atom stereocenters. The summed E-state index contributed by atoms with van der Waals surface area (Å²) in [7, 11) is 0. The molecule has 3 N–H and O–H groups in total. The minimum Gasteiger partial charge on any atom is -0.486 e. The van der Waals surface area contributed by atoms with Crippen molar-refractivity contribution in [3.8, 4) is 5.75 Å². The normalized spacial score (nSPS) is 10.2. The summed E-state index contributed by atoms with van der Waals surface area (Å²) in [5.41, 5.74) is 2.95. The van der Waals surface area contributed by atoms with Crippen LogP contribution in [0.5, 0.6) is 5.75 Å². The molecule has 0 aromatic heterocycles. The van der Waals surface area contributed by atoms with E-state index < -0.39 is 4.92 Å². The third kappa shape index (κ3) is 3.55. The number of nitrogens with one attached hydrogen (secondary N) is 1. The summed E-state index contributed by atoms with van der Waals surface area (Å²) in [6.07, 6.45) is 0. The van der Waals surface area contributed by atoms with Crippen LogP contribution in [0, 0.1) is 10.1 Å². The molecule has 0 unspecified atom stereocenters. The fourth-order valence-electron chi connectivity index (χ4n) is 1.72. The molecule has 8 heteroatoms. The second kappa shape index (κ2) is 6.62. The van der Waals surface area contributed by atoms with Crippen molar-refractivity contribution in [3.05, 3.63) is 62.1 Å². The minimum absolute atomic E-state index is 0.0924. The molecular formula is C13H11Cl2N3O3. The maximum Gasteiger partial charge on any atom is 0.294 e. The lowest BCUT2D eigenvalue weighted by atomic mass is 10.2. The van der Waals surface area contributed by atoms with Gasteiger partial charge < -0.3 is 10.2 Å². The molecule has 6 nitrogen and oxygen atoms in total. The Morgan fingerprint density at radius 1 is 1.24 bits per heavy atom. The molecule has 0 aliphatic heterocycles. The molecule has 0 bridgehead atoms. The SMILES string of the molecule is NNc1ccc(COc2c(Cl)cccc2Cl)cc1[N+](=O)[O-]. The number of rotatable bonds is 5. The van der Waals surface area contributed by atoms with E-state index in [0.717, 1.165) is 0 Å². The first kappa shape index (κ1) is 15.4. The quantitative estimate of drug-likeness (QED) is 0.495. The second-order valence-electron chi connectivity index (χ2n) is 4.09. The van der Waals surface area contributed by atoms with Gasteiger partial charge in [0.15, 0.2) is 5.75 Å². The molecule has 0 radical (unpaired) electrons. The van der Waals surface area contributed by atoms with Crippen LogP contribution < -0.4 is 16.0 Å². The van der Waals surface area contributed by atoms with Crippen LogP contribution in [0.4, 0.5) is 11.4 Å². The van der Waals surface area contributed by atoms with E-state index in [2.05, 4.69) is 5.43 Å². The maximum atomic E-state index is 10.9. The second-order valence-corrected chi connectivity index (χ2v) is 4.91. The number of hydrogen-bond donors (Lipinski definition) is 2. The van der Waals surface area contributed by atoms with E-state index in [0.29, 0.717) is 21.4 Å². The summed E-state index contributed by atoms with van der Waals surface area (Å²) in [5, 5.41) is 11.7. The van der Waals surface area contributed by atoms with E-state index in [-0.39, 0.29) is 18.0 Å². The Kier molecular flexibility index (Phi) is 4.85. The number of para-hydroxylation sites is 1. The lowest BCUT2D eigenvalue weighted by Crippen LogP contribution is -2.09. The van der Waals surface area contributed by atoms with Crippen LogP contribution in [0.25, 0.3) is 0 Å². The molecular weight excluding hydrogens is 317 g/mol. The van der Waals surface area contributed by atoms with Gasteiger partial charge in [-0.1, -0.05) is 35.3 Å². The van der Waals surface area contributed by atoms with Crippen molar-refractivity contribution in [1.29, 1.82) is 0 Å². The van der Waals surface area contributed by atoms with Gasteiger partial charge in [-0.15, -0.1) is 0 Å². The number of nitrogen functional groups attached to an aromatic ring is 1. The zero-order valence-electron chi connectivity index (χ0n) is 10.7. The smallest absolute Gasteiger partial charge is 0.294 e. The van der Waals surface area contributed by atoms with Crippen molar-refractivity contribution < 1.29 is 9.66 Å². The highest BCUT2D eigenvalue weighted by atomic mass is 35.5. The molecule has 0 aliphatic rings. The summed E-state index contributed by atoms with van der Waals surface area (Å²) < 4.78 is 5.52. The number of nitro groups is 1. The van der Waals surface area contributed by atoms with E-state index in [4.69, 9.17) is 33.8 Å². The highest BCUT2D eigenvalue weighted by Crippen LogP contribution is 2.33. The van der Waals surface area contributed by atoms with Crippen LogP contribution in [0.1, 0.15) is 5.56 Å². The van der Waals surface area contributed by atoms with Gasteiger partial charge in [-0.05, 0) is 23.8 Å². The zero-order chi connectivity index (χ0) is 15.4. The third-order valence-corrected chi connectivity index (χ3v) is 3.31. The standard InChI is InChI=1S/C13H11Cl2N3O3/c14-9-2-1-3-10(15)13(9)21-7-8-4-5-11(17-16)12(6-8)18(19)20/h1-6,17H,7,16H2. The number of nitrogens with zero attached hydrogens (tertiary/aromatic N) is 1. The van der Waals surface area contributed by atoms with E-state index in [1.54, 1.807) is 24.3 Å². The number of hydrogen-bond acceptors (Lipinski definition) is 5. The van der Waals surface area contributed by atoms with Gasteiger partial charge in [0.2, 0.25) is 0 Å². The number of benzene rings is 2. The first-order valence-electron chi connectivity index (χ1n) is 5.83. The van der Waals surface area contributed by atoms with E-state index in [9.17, 15) is 10.1 Å². The van der Waals surface area contributed by atoms with Gasteiger partial charge >= 0.3 is 0 Å². The number of anilines is 1. The molecule has 0 heterocycles. The van der Waals surface area contributed by atoms with Gasteiger partial charge in [0.05, 0.1) is 15.0 Å². The average Bonchev–Trinajstić information content (AvgIpc) is 2.46. The van der Waals surface area contributed by atoms with Gasteiger partial charge in [0.25, 0.3) is 5.69 Å². The Morgan fingerprint density at radius 2 is 1.90 bits per heavy atom. The lowest BCUT2D eigenvalue weighted by molar-refractivity contribution is -0.384. The first-order chi connectivity index (χ1) is 10.0. The number of nitrogens with two attached hydrogens (primary N) is 1. The highest BCUT2D eigenvalue weighted by molar-refractivity contribution is 6.37. The first-order valence-corrected chi connectivity index (χ1v) is 6.59. The third-order valence-electron chi connectivity index (χ3n) is 2.72. The van der Waals surface area contributed by atoms with Gasteiger partial charge in [-0.2, -0.15) is 0 Å². The Bertz CT molecular complexity index is 659. The molecule has 2 aromatic rings. The van der Waals surface area contributed by atoms with Crippen LogP contribution in [0.3, 0.4) is 0 Å². The largest absolute Gasteiger partial charge is 0.486 e. The van der Waals surface area contributed by atoms with Gasteiger partial charge in [0, 0.05) is 6.07 Å². The van der Waals surface area contributed by atoms with Crippen molar-refractivity contribution in [2.24, 2.45) is 5.84 Å². The van der Waals surface area contributed by atoms with Crippen molar-refractivity contribution in [2.45, 2.75) is 6.61 Å². The molecule has 21 heavy (non-hydrogen) atoms. The highest BCUT2D eigenvalue weighted by Gasteiger charge is 2.14. The van der Waals surface area contributed by atoms with Crippen LogP contribution in [-0.2, 0) is 6.61 Å². The molecule has 0 spiro atoms. The number of ether oxygens (including phenoxy) is 1. The Hall–Kier alpha value is -2.02. The van der Waals surface area contributed by atoms with E-state index >= 15 is 0 Å². The van der Waals surface area contributed by atoms with Crippen molar-refractivity contribution in [3.63, 3.8) is 0 Å². The van der Waals surface area contributed by atoms with Gasteiger partial charge in [-0.25, -0.2) is 0 Å². The summed E-state index contributed by atoms with van der Waals surface area (Å²) in [6.45, 7) is 0.0924. The number of nitro benzene ring substituents is 1. The fraction of sp³-hybridized carbons (Fsp3) is 0.0769. The van der Waals surface area contributed by atoms with Gasteiger partial charge in [0.1, 0.15) is 12.3 Å². The number of hydrazine groups is 1. The summed E-state index contributed by atoms with van der Waals surface area (Å²) in [5.74, 6) is 5.56. The average molecular weight is 328 g/mol. The van der Waals surface area contributed by atoms with Crippen LogP contribution in [-0.4, -0.2) is 4.92 Å². The Balaban J connectivity index is 2.21. The molecule has 110 valence electrons. The molecule has 0 aliphatic carbocycles. The predicted molar refractivity (Wildman–Crippen MR) is 81.7 cm³/mol. The minimum atomic E-state index is -0.527. The molecule has 0 fully saturated rings. The monoisotopic (exact) mass is 327 g/mol. The maximum absolute atomic E-state index is 10.9. The van der Waals surface area contributed by atoms with E-state index in [1.165, 1.54) is 12.1 Å². The molecule has 2 aromatic carbocycles. The Morgan fingerprint density at radius 3 is 2.48 bits per heavy atom. The van der Waals surface area contributed by atoms with Crippen LogP contribution >= 0.6 is 23.2 Å².